The number of hydrogen-bond donors (Lipinski definition) is 3. The zero-order valence-electron chi connectivity index (χ0n) is 14.4. The molecule has 3 aromatic rings. The van der Waals surface area contributed by atoms with E-state index in [0.717, 1.165) is 18.4 Å². The van der Waals surface area contributed by atoms with Crippen molar-refractivity contribution in [3.63, 3.8) is 0 Å². The van der Waals surface area contributed by atoms with Crippen LogP contribution in [0.1, 0.15) is 18.7 Å². The van der Waals surface area contributed by atoms with Gasteiger partial charge in [0.2, 0.25) is 11.8 Å². The number of aromatic nitrogens is 1. The molecule has 3 amide bonds. The van der Waals surface area contributed by atoms with Crippen LogP contribution < -0.4 is 16.0 Å². The van der Waals surface area contributed by atoms with Gasteiger partial charge in [0.15, 0.2) is 5.58 Å². The van der Waals surface area contributed by atoms with E-state index in [2.05, 4.69) is 20.9 Å². The highest BCUT2D eigenvalue weighted by Gasteiger charge is 2.23. The van der Waals surface area contributed by atoms with E-state index in [1.807, 2.05) is 24.3 Å². The summed E-state index contributed by atoms with van der Waals surface area (Å²) in [7, 11) is 0. The molecule has 4 rings (SSSR count). The molecule has 2 aromatic carbocycles. The number of amides is 3. The molecule has 1 aliphatic rings. The Morgan fingerprint density at radius 2 is 1.70 bits per heavy atom. The zero-order valence-corrected chi connectivity index (χ0v) is 14.4. The standard InChI is InChI=1S/C20H18N4O3/c25-18(11-12-19-24-16-3-1-2-4-17(16)27-19)21-13-5-7-14(8-6-13)22-20(26)23-15-9-10-15/h1-8,11-12,15H,9-10H2,(H,21,25)(H2,22,23,26)/b12-11+. The second-order valence-electron chi connectivity index (χ2n) is 6.29. The Morgan fingerprint density at radius 1 is 1.00 bits per heavy atom. The Morgan fingerprint density at radius 3 is 2.41 bits per heavy atom. The number of nitrogens with one attached hydrogen (secondary N) is 3. The first kappa shape index (κ1) is 16.8. The lowest BCUT2D eigenvalue weighted by Crippen LogP contribution is -2.30. The molecule has 136 valence electrons. The third kappa shape index (κ3) is 4.52. The molecular weight excluding hydrogens is 344 g/mol. The van der Waals surface area contributed by atoms with Gasteiger partial charge >= 0.3 is 6.03 Å². The summed E-state index contributed by atoms with van der Waals surface area (Å²) in [5, 5.41) is 8.35. The van der Waals surface area contributed by atoms with Crippen LogP contribution in [0.4, 0.5) is 16.2 Å². The van der Waals surface area contributed by atoms with Crippen LogP contribution in [0, 0.1) is 0 Å². The highest BCUT2D eigenvalue weighted by Crippen LogP contribution is 2.19. The number of rotatable bonds is 5. The number of urea groups is 1. The van der Waals surface area contributed by atoms with Crippen molar-refractivity contribution in [2.24, 2.45) is 0 Å². The van der Waals surface area contributed by atoms with Crippen LogP contribution in [-0.4, -0.2) is 23.0 Å². The van der Waals surface area contributed by atoms with E-state index in [4.69, 9.17) is 4.42 Å². The van der Waals surface area contributed by atoms with Crippen molar-refractivity contribution in [3.8, 4) is 0 Å². The number of benzene rings is 2. The molecule has 3 N–H and O–H groups in total. The first-order valence-corrected chi connectivity index (χ1v) is 8.68. The van der Waals surface area contributed by atoms with Crippen molar-refractivity contribution in [2.45, 2.75) is 18.9 Å². The third-order valence-corrected chi connectivity index (χ3v) is 4.01. The maximum absolute atomic E-state index is 12.0. The summed E-state index contributed by atoms with van der Waals surface area (Å²) in [6.07, 6.45) is 4.96. The highest BCUT2D eigenvalue weighted by molar-refractivity contribution is 6.02. The molecule has 1 saturated carbocycles. The predicted octanol–water partition coefficient (Wildman–Crippen LogP) is 3.76. The predicted molar refractivity (Wildman–Crippen MR) is 103 cm³/mol. The number of oxazole rings is 1. The van der Waals surface area contributed by atoms with Crippen molar-refractivity contribution in [3.05, 3.63) is 60.5 Å². The van der Waals surface area contributed by atoms with Crippen molar-refractivity contribution < 1.29 is 14.0 Å². The fourth-order valence-electron chi connectivity index (χ4n) is 2.51. The monoisotopic (exact) mass is 362 g/mol. The van der Waals surface area contributed by atoms with Gasteiger partial charge in [0, 0.05) is 29.6 Å². The van der Waals surface area contributed by atoms with E-state index in [-0.39, 0.29) is 11.9 Å². The van der Waals surface area contributed by atoms with E-state index in [1.54, 1.807) is 24.3 Å². The van der Waals surface area contributed by atoms with Crippen LogP contribution in [-0.2, 0) is 4.79 Å². The number of fused-ring (bicyclic) bond motifs is 1. The maximum atomic E-state index is 12.0. The molecule has 0 saturated heterocycles. The number of hydrogen-bond acceptors (Lipinski definition) is 4. The molecule has 0 atom stereocenters. The summed E-state index contributed by atoms with van der Waals surface area (Å²) in [5.41, 5.74) is 2.70. The fourth-order valence-corrected chi connectivity index (χ4v) is 2.51. The van der Waals surface area contributed by atoms with Crippen LogP contribution in [0.5, 0.6) is 0 Å². The summed E-state index contributed by atoms with van der Waals surface area (Å²) < 4.78 is 5.53. The Balaban J connectivity index is 1.32. The lowest BCUT2D eigenvalue weighted by molar-refractivity contribution is -0.111. The van der Waals surface area contributed by atoms with Gasteiger partial charge in [0.25, 0.3) is 0 Å². The Labute approximate surface area is 155 Å². The van der Waals surface area contributed by atoms with E-state index in [9.17, 15) is 9.59 Å². The van der Waals surface area contributed by atoms with Gasteiger partial charge in [-0.25, -0.2) is 9.78 Å². The van der Waals surface area contributed by atoms with Crippen LogP contribution in [0.2, 0.25) is 0 Å². The van der Waals surface area contributed by atoms with Crippen molar-refractivity contribution in [2.75, 3.05) is 10.6 Å². The molecule has 0 bridgehead atoms. The minimum absolute atomic E-state index is 0.212. The summed E-state index contributed by atoms with van der Waals surface area (Å²) in [4.78, 5) is 28.0. The quantitative estimate of drug-likeness (QED) is 0.602. The van der Waals surface area contributed by atoms with Gasteiger partial charge in [-0.15, -0.1) is 0 Å². The second kappa shape index (κ2) is 7.33. The van der Waals surface area contributed by atoms with E-state index in [1.165, 1.54) is 12.2 Å². The van der Waals surface area contributed by atoms with E-state index >= 15 is 0 Å². The number of anilines is 2. The van der Waals surface area contributed by atoms with Gasteiger partial charge in [-0.05, 0) is 49.2 Å². The topological polar surface area (TPSA) is 96.3 Å². The SMILES string of the molecule is O=C(/C=C/c1nc2ccccc2o1)Nc1ccc(NC(=O)NC2CC2)cc1. The lowest BCUT2D eigenvalue weighted by Gasteiger charge is -2.07. The van der Waals surface area contributed by atoms with Gasteiger partial charge in [-0.1, -0.05) is 12.1 Å². The molecule has 1 aromatic heterocycles. The normalized spacial score (nSPS) is 13.6. The van der Waals surface area contributed by atoms with E-state index in [0.29, 0.717) is 28.9 Å². The summed E-state index contributed by atoms with van der Waals surface area (Å²) in [5.74, 6) is 0.0667. The van der Waals surface area contributed by atoms with Gasteiger partial charge < -0.3 is 20.4 Å². The first-order chi connectivity index (χ1) is 13.2. The zero-order chi connectivity index (χ0) is 18.6. The molecular formula is C20H18N4O3. The summed E-state index contributed by atoms with van der Waals surface area (Å²) in [6, 6.07) is 14.4. The van der Waals surface area contributed by atoms with Crippen LogP contribution >= 0.6 is 0 Å². The van der Waals surface area contributed by atoms with Gasteiger partial charge in [-0.3, -0.25) is 4.79 Å². The summed E-state index contributed by atoms with van der Waals surface area (Å²) in [6.45, 7) is 0. The van der Waals surface area contributed by atoms with Crippen LogP contribution in [0.25, 0.3) is 17.2 Å². The maximum Gasteiger partial charge on any atom is 0.319 e. The Kier molecular flexibility index (Phi) is 4.57. The third-order valence-electron chi connectivity index (χ3n) is 4.01. The molecule has 0 spiro atoms. The second-order valence-corrected chi connectivity index (χ2v) is 6.29. The molecule has 1 heterocycles. The molecule has 27 heavy (non-hydrogen) atoms. The van der Waals surface area contributed by atoms with Gasteiger partial charge in [-0.2, -0.15) is 0 Å². The average Bonchev–Trinajstić information content (AvgIpc) is 3.36. The molecule has 0 radical (unpaired) electrons. The van der Waals surface area contributed by atoms with Gasteiger partial charge in [0.05, 0.1) is 0 Å². The highest BCUT2D eigenvalue weighted by atomic mass is 16.3. The molecule has 0 unspecified atom stereocenters. The molecule has 7 nitrogen and oxygen atoms in total. The molecule has 7 heteroatoms. The molecule has 1 aliphatic carbocycles. The van der Waals surface area contributed by atoms with Crippen molar-refractivity contribution >= 4 is 40.5 Å². The number of para-hydroxylation sites is 2. The molecule has 1 fully saturated rings. The fraction of sp³-hybridized carbons (Fsp3) is 0.150. The minimum Gasteiger partial charge on any atom is -0.437 e. The van der Waals surface area contributed by atoms with E-state index < -0.39 is 0 Å². The Bertz CT molecular complexity index is 970. The Hall–Kier alpha value is -3.61. The first-order valence-electron chi connectivity index (χ1n) is 8.68. The van der Waals surface area contributed by atoms with Gasteiger partial charge in [0.1, 0.15) is 5.52 Å². The number of carbonyl (C=O) groups is 2. The van der Waals surface area contributed by atoms with Crippen LogP contribution in [0.3, 0.4) is 0 Å². The smallest absolute Gasteiger partial charge is 0.319 e. The largest absolute Gasteiger partial charge is 0.437 e. The van der Waals surface area contributed by atoms with Crippen LogP contribution in [0.15, 0.2) is 59.0 Å². The van der Waals surface area contributed by atoms with Crippen molar-refractivity contribution in [1.82, 2.24) is 10.3 Å². The van der Waals surface area contributed by atoms with Crippen molar-refractivity contribution in [1.29, 1.82) is 0 Å². The average molecular weight is 362 g/mol. The number of carbonyl (C=O) groups excluding carboxylic acids is 2. The lowest BCUT2D eigenvalue weighted by atomic mass is 10.2. The summed E-state index contributed by atoms with van der Waals surface area (Å²) >= 11 is 0. The minimum atomic E-state index is -0.301. The number of nitrogens with zero attached hydrogens (tertiary/aromatic N) is 1. The molecule has 0 aliphatic heterocycles.